The predicted molar refractivity (Wildman–Crippen MR) is 82.3 cm³/mol. The molecular formula is C15H24N4O2. The molecule has 116 valence electrons. The Morgan fingerprint density at radius 3 is 2.86 bits per heavy atom. The maximum atomic E-state index is 11.3. The van der Waals surface area contributed by atoms with E-state index in [4.69, 9.17) is 10.5 Å². The van der Waals surface area contributed by atoms with Crippen LogP contribution in [-0.2, 0) is 4.74 Å². The molecular weight excluding hydrogens is 268 g/mol. The van der Waals surface area contributed by atoms with Gasteiger partial charge < -0.3 is 15.8 Å². The first kappa shape index (κ1) is 15.7. The average Bonchev–Trinajstić information content (AvgIpc) is 2.43. The third-order valence-electron chi connectivity index (χ3n) is 3.55. The van der Waals surface area contributed by atoms with E-state index in [1.54, 1.807) is 18.5 Å². The smallest absolute Gasteiger partial charge is 0.250 e. The molecule has 1 aromatic rings. The van der Waals surface area contributed by atoms with Crippen LogP contribution in [0.25, 0.3) is 0 Å². The molecule has 2 rings (SSSR count). The van der Waals surface area contributed by atoms with Crippen molar-refractivity contribution in [2.75, 3.05) is 31.5 Å². The average molecular weight is 292 g/mol. The minimum Gasteiger partial charge on any atom is -0.383 e. The summed E-state index contributed by atoms with van der Waals surface area (Å²) in [5, 5.41) is 3.24. The van der Waals surface area contributed by atoms with Crippen molar-refractivity contribution >= 4 is 11.6 Å². The Hall–Kier alpha value is -1.66. The lowest BCUT2D eigenvalue weighted by Gasteiger charge is -2.35. The van der Waals surface area contributed by atoms with Gasteiger partial charge in [-0.25, -0.2) is 0 Å². The van der Waals surface area contributed by atoms with Crippen LogP contribution in [0.5, 0.6) is 0 Å². The van der Waals surface area contributed by atoms with E-state index < -0.39 is 5.91 Å². The summed E-state index contributed by atoms with van der Waals surface area (Å²) in [6.07, 6.45) is 4.79. The van der Waals surface area contributed by atoms with Crippen LogP contribution in [0.15, 0.2) is 18.5 Å². The van der Waals surface area contributed by atoms with Crippen molar-refractivity contribution in [3.63, 3.8) is 0 Å². The molecule has 0 saturated carbocycles. The van der Waals surface area contributed by atoms with E-state index >= 15 is 0 Å². The number of nitrogens with zero attached hydrogens (tertiary/aromatic N) is 2. The molecule has 0 radical (unpaired) electrons. The number of hydrogen-bond donors (Lipinski definition) is 2. The quantitative estimate of drug-likeness (QED) is 0.767. The molecule has 3 N–H and O–H groups in total. The van der Waals surface area contributed by atoms with Gasteiger partial charge in [-0.2, -0.15) is 0 Å². The molecule has 0 aliphatic carbocycles. The zero-order chi connectivity index (χ0) is 15.2. The highest BCUT2D eigenvalue weighted by Crippen LogP contribution is 2.13. The number of carbonyl (C=O) groups excluding carboxylic acids is 1. The van der Waals surface area contributed by atoms with Crippen LogP contribution in [0.2, 0.25) is 0 Å². The van der Waals surface area contributed by atoms with Gasteiger partial charge in [-0.05, 0) is 26.3 Å². The van der Waals surface area contributed by atoms with E-state index in [1.165, 1.54) is 0 Å². The first-order chi connectivity index (χ1) is 10.1. The monoisotopic (exact) mass is 292 g/mol. The summed E-state index contributed by atoms with van der Waals surface area (Å²) < 4.78 is 5.72. The molecule has 2 heterocycles. The number of anilines is 1. The lowest BCUT2D eigenvalue weighted by Crippen LogP contribution is -2.45. The largest absolute Gasteiger partial charge is 0.383 e. The maximum absolute atomic E-state index is 11.3. The Morgan fingerprint density at radius 1 is 1.48 bits per heavy atom. The molecule has 6 heteroatoms. The summed E-state index contributed by atoms with van der Waals surface area (Å²) in [5.74, 6) is -0.435. The molecule has 1 aromatic heterocycles. The van der Waals surface area contributed by atoms with Gasteiger partial charge in [0.2, 0.25) is 0 Å². The Bertz CT molecular complexity index is 470. The van der Waals surface area contributed by atoms with Crippen molar-refractivity contribution < 1.29 is 9.53 Å². The van der Waals surface area contributed by atoms with Gasteiger partial charge in [0, 0.05) is 32.4 Å². The van der Waals surface area contributed by atoms with Crippen LogP contribution in [-0.4, -0.2) is 54.2 Å². The number of amides is 1. The summed E-state index contributed by atoms with van der Waals surface area (Å²) in [6.45, 7) is 7.96. The second-order valence-corrected chi connectivity index (χ2v) is 5.58. The molecule has 21 heavy (non-hydrogen) atoms. The van der Waals surface area contributed by atoms with E-state index in [-0.39, 0.29) is 0 Å². The molecule has 1 aliphatic heterocycles. The van der Waals surface area contributed by atoms with Crippen molar-refractivity contribution in [2.24, 2.45) is 5.73 Å². The van der Waals surface area contributed by atoms with Crippen molar-refractivity contribution in [1.29, 1.82) is 0 Å². The standard InChI is InChI=1S/C15H24N4O2/c1-11-9-19(10-12(2)21-11)7-3-5-18-14-8-17-6-4-13(14)15(16)20/h4,6,8,11-12,18H,3,5,7,9-10H2,1-2H3,(H2,16,20)/t11-,12+. The van der Waals surface area contributed by atoms with Crippen LogP contribution in [0, 0.1) is 0 Å². The van der Waals surface area contributed by atoms with Gasteiger partial charge in [-0.15, -0.1) is 0 Å². The number of primary amides is 1. The Kier molecular flexibility index (Phi) is 5.52. The third kappa shape index (κ3) is 4.68. The van der Waals surface area contributed by atoms with Gasteiger partial charge in [0.1, 0.15) is 0 Å². The van der Waals surface area contributed by atoms with Crippen molar-refractivity contribution in [3.8, 4) is 0 Å². The number of pyridine rings is 1. The van der Waals surface area contributed by atoms with E-state index in [1.807, 2.05) is 0 Å². The van der Waals surface area contributed by atoms with E-state index in [0.29, 0.717) is 23.5 Å². The fourth-order valence-corrected chi connectivity index (χ4v) is 2.74. The van der Waals surface area contributed by atoms with Gasteiger partial charge >= 0.3 is 0 Å². The molecule has 6 nitrogen and oxygen atoms in total. The lowest BCUT2D eigenvalue weighted by molar-refractivity contribution is -0.0678. The molecule has 2 atom stereocenters. The minimum absolute atomic E-state index is 0.293. The Labute approximate surface area is 125 Å². The van der Waals surface area contributed by atoms with Crippen molar-refractivity contribution in [1.82, 2.24) is 9.88 Å². The second kappa shape index (κ2) is 7.38. The van der Waals surface area contributed by atoms with Crippen LogP contribution >= 0.6 is 0 Å². The summed E-state index contributed by atoms with van der Waals surface area (Å²) in [4.78, 5) is 17.7. The number of nitrogens with two attached hydrogens (primary N) is 1. The zero-order valence-electron chi connectivity index (χ0n) is 12.7. The number of carbonyl (C=O) groups is 1. The summed E-state index contributed by atoms with van der Waals surface area (Å²) in [7, 11) is 0. The summed E-state index contributed by atoms with van der Waals surface area (Å²) >= 11 is 0. The van der Waals surface area contributed by atoms with Crippen molar-refractivity contribution in [2.45, 2.75) is 32.5 Å². The summed E-state index contributed by atoms with van der Waals surface area (Å²) in [6, 6.07) is 1.63. The molecule has 0 aromatic carbocycles. The molecule has 1 saturated heterocycles. The number of aromatic nitrogens is 1. The zero-order valence-corrected chi connectivity index (χ0v) is 12.7. The Balaban J connectivity index is 1.76. The SMILES string of the molecule is C[C@@H]1CN(CCCNc2cnccc2C(N)=O)C[C@H](C)O1. The van der Waals surface area contributed by atoms with Gasteiger partial charge in [0.15, 0.2) is 0 Å². The van der Waals surface area contributed by atoms with Crippen LogP contribution < -0.4 is 11.1 Å². The number of nitrogens with one attached hydrogen (secondary N) is 1. The highest BCUT2D eigenvalue weighted by Gasteiger charge is 2.21. The fraction of sp³-hybridized carbons (Fsp3) is 0.600. The normalized spacial score (nSPS) is 23.0. The number of hydrogen-bond acceptors (Lipinski definition) is 5. The van der Waals surface area contributed by atoms with E-state index in [9.17, 15) is 4.79 Å². The molecule has 1 aliphatic rings. The first-order valence-corrected chi connectivity index (χ1v) is 7.41. The summed E-state index contributed by atoms with van der Waals surface area (Å²) in [5.41, 5.74) is 6.52. The van der Waals surface area contributed by atoms with E-state index in [2.05, 4.69) is 29.0 Å². The topological polar surface area (TPSA) is 80.5 Å². The number of ether oxygens (including phenoxy) is 1. The van der Waals surface area contributed by atoms with Gasteiger partial charge in [0.05, 0.1) is 29.7 Å². The maximum Gasteiger partial charge on any atom is 0.250 e. The lowest BCUT2D eigenvalue weighted by atomic mass is 10.2. The van der Waals surface area contributed by atoms with E-state index in [0.717, 1.165) is 32.6 Å². The van der Waals surface area contributed by atoms with Gasteiger partial charge in [-0.3, -0.25) is 14.7 Å². The first-order valence-electron chi connectivity index (χ1n) is 7.41. The molecule has 1 fully saturated rings. The molecule has 1 amide bonds. The number of rotatable bonds is 6. The molecule has 0 bridgehead atoms. The van der Waals surface area contributed by atoms with Crippen LogP contribution in [0.1, 0.15) is 30.6 Å². The molecule has 0 unspecified atom stereocenters. The van der Waals surface area contributed by atoms with Crippen LogP contribution in [0.4, 0.5) is 5.69 Å². The predicted octanol–water partition coefficient (Wildman–Crippen LogP) is 1.09. The Morgan fingerprint density at radius 2 is 2.19 bits per heavy atom. The fourth-order valence-electron chi connectivity index (χ4n) is 2.74. The third-order valence-corrected chi connectivity index (χ3v) is 3.55. The second-order valence-electron chi connectivity index (χ2n) is 5.58. The molecule has 0 spiro atoms. The van der Waals surface area contributed by atoms with Crippen molar-refractivity contribution in [3.05, 3.63) is 24.0 Å². The van der Waals surface area contributed by atoms with Gasteiger partial charge in [0.25, 0.3) is 5.91 Å². The van der Waals surface area contributed by atoms with Crippen LogP contribution in [0.3, 0.4) is 0 Å². The highest BCUT2D eigenvalue weighted by atomic mass is 16.5. The minimum atomic E-state index is -0.435. The number of morpholine rings is 1. The van der Waals surface area contributed by atoms with Gasteiger partial charge in [-0.1, -0.05) is 0 Å². The highest BCUT2D eigenvalue weighted by molar-refractivity contribution is 5.98.